The van der Waals surface area contributed by atoms with Gasteiger partial charge in [-0.1, -0.05) is 6.07 Å². The van der Waals surface area contributed by atoms with E-state index in [0.29, 0.717) is 12.2 Å². The highest BCUT2D eigenvalue weighted by Gasteiger charge is 2.28. The predicted octanol–water partition coefficient (Wildman–Crippen LogP) is 1.12. The first kappa shape index (κ1) is 15.4. The van der Waals surface area contributed by atoms with Gasteiger partial charge in [0.1, 0.15) is 10.7 Å². The Morgan fingerprint density at radius 2 is 2.25 bits per heavy atom. The van der Waals surface area contributed by atoms with Gasteiger partial charge >= 0.3 is 0 Å². The number of sulfonamides is 1. The Morgan fingerprint density at radius 1 is 1.50 bits per heavy atom. The van der Waals surface area contributed by atoms with Crippen molar-refractivity contribution in [1.82, 2.24) is 4.31 Å². The van der Waals surface area contributed by atoms with E-state index in [9.17, 15) is 12.8 Å². The molecule has 1 saturated heterocycles. The van der Waals surface area contributed by atoms with Gasteiger partial charge in [0.05, 0.1) is 12.7 Å². The van der Waals surface area contributed by atoms with Crippen LogP contribution in [-0.4, -0.2) is 44.1 Å². The molecule has 7 heteroatoms. The summed E-state index contributed by atoms with van der Waals surface area (Å²) in [6.45, 7) is 0.496. The maximum absolute atomic E-state index is 13.8. The van der Waals surface area contributed by atoms with Gasteiger partial charge in [-0.2, -0.15) is 4.31 Å². The predicted molar refractivity (Wildman–Crippen MR) is 71.1 cm³/mol. The highest BCUT2D eigenvalue weighted by molar-refractivity contribution is 7.89. The Morgan fingerprint density at radius 3 is 2.85 bits per heavy atom. The molecule has 0 bridgehead atoms. The van der Waals surface area contributed by atoms with Gasteiger partial charge in [-0.05, 0) is 30.5 Å². The van der Waals surface area contributed by atoms with Crippen LogP contribution in [-0.2, 0) is 21.4 Å². The second-order valence-corrected chi connectivity index (χ2v) is 6.86. The molecule has 1 aromatic rings. The highest BCUT2D eigenvalue weighted by atomic mass is 32.2. The average Bonchev–Trinajstić information content (AvgIpc) is 2.92. The first-order valence-electron chi connectivity index (χ1n) is 6.42. The van der Waals surface area contributed by atoms with Crippen LogP contribution in [0.3, 0.4) is 0 Å². The van der Waals surface area contributed by atoms with Gasteiger partial charge in [-0.25, -0.2) is 12.8 Å². The first-order chi connectivity index (χ1) is 9.45. The number of hydrogen-bond donors (Lipinski definition) is 1. The Labute approximate surface area is 118 Å². The van der Waals surface area contributed by atoms with E-state index in [4.69, 9.17) is 9.84 Å². The zero-order valence-corrected chi connectivity index (χ0v) is 12.1. The second-order valence-electron chi connectivity index (χ2n) is 4.84. The van der Waals surface area contributed by atoms with Gasteiger partial charge in [-0.15, -0.1) is 0 Å². The molecule has 2 rings (SSSR count). The van der Waals surface area contributed by atoms with Crippen LogP contribution in [0.15, 0.2) is 23.1 Å². The maximum Gasteiger partial charge on any atom is 0.245 e. The third kappa shape index (κ3) is 3.17. The summed E-state index contributed by atoms with van der Waals surface area (Å²) < 4.78 is 45.0. The van der Waals surface area contributed by atoms with Gasteiger partial charge in [0, 0.05) is 20.2 Å². The zero-order chi connectivity index (χ0) is 14.8. The van der Waals surface area contributed by atoms with Gasteiger partial charge in [0.15, 0.2) is 0 Å². The number of rotatable bonds is 5. The highest BCUT2D eigenvalue weighted by Crippen LogP contribution is 2.22. The van der Waals surface area contributed by atoms with Gasteiger partial charge in [0.2, 0.25) is 10.0 Å². The van der Waals surface area contributed by atoms with Crippen LogP contribution in [0.2, 0.25) is 0 Å². The Hall–Kier alpha value is -1.02. The fraction of sp³-hybridized carbons (Fsp3) is 0.538. The van der Waals surface area contributed by atoms with E-state index in [1.807, 2.05) is 0 Å². The molecule has 1 unspecified atom stereocenters. The molecule has 1 atom stereocenters. The average molecular weight is 303 g/mol. The van der Waals surface area contributed by atoms with Crippen molar-refractivity contribution in [1.29, 1.82) is 0 Å². The van der Waals surface area contributed by atoms with Crippen LogP contribution in [0.1, 0.15) is 18.4 Å². The third-order valence-corrected chi connectivity index (χ3v) is 5.19. The van der Waals surface area contributed by atoms with Crippen LogP contribution >= 0.6 is 0 Å². The molecule has 0 saturated carbocycles. The fourth-order valence-corrected chi connectivity index (χ4v) is 3.50. The van der Waals surface area contributed by atoms with Crippen molar-refractivity contribution in [2.75, 3.05) is 20.2 Å². The van der Waals surface area contributed by atoms with E-state index < -0.39 is 20.7 Å². The minimum Gasteiger partial charge on any atom is -0.392 e. The molecule has 1 aliphatic heterocycles. The van der Waals surface area contributed by atoms with Gasteiger partial charge in [0.25, 0.3) is 0 Å². The second kappa shape index (κ2) is 6.17. The number of hydrogen-bond acceptors (Lipinski definition) is 4. The Balaban J connectivity index is 2.24. The van der Waals surface area contributed by atoms with Crippen molar-refractivity contribution in [3.05, 3.63) is 29.6 Å². The molecule has 5 nitrogen and oxygen atoms in total. The Kier molecular flexibility index (Phi) is 4.74. The van der Waals surface area contributed by atoms with E-state index in [1.54, 1.807) is 0 Å². The van der Waals surface area contributed by atoms with Gasteiger partial charge in [-0.3, -0.25) is 0 Å². The Bertz CT molecular complexity index is 570. The summed E-state index contributed by atoms with van der Waals surface area (Å²) >= 11 is 0. The van der Waals surface area contributed by atoms with Crippen molar-refractivity contribution in [2.24, 2.45) is 0 Å². The fourth-order valence-electron chi connectivity index (χ4n) is 2.18. The molecule has 0 radical (unpaired) electrons. The molecule has 20 heavy (non-hydrogen) atoms. The van der Waals surface area contributed by atoms with Crippen molar-refractivity contribution >= 4 is 10.0 Å². The molecule has 0 aliphatic carbocycles. The zero-order valence-electron chi connectivity index (χ0n) is 11.3. The summed E-state index contributed by atoms with van der Waals surface area (Å²) in [5.74, 6) is -0.818. The number of likely N-dealkylation sites (N-methyl/N-ethyl adjacent to an activating group) is 1. The van der Waals surface area contributed by atoms with Crippen molar-refractivity contribution in [3.63, 3.8) is 0 Å². The lowest BCUT2D eigenvalue weighted by molar-refractivity contribution is 0.0978. The molecule has 1 N–H and O–H groups in total. The molecule has 1 aromatic carbocycles. The lowest BCUT2D eigenvalue weighted by Gasteiger charge is -2.21. The summed E-state index contributed by atoms with van der Waals surface area (Å²) in [6.07, 6.45) is 1.57. The number of ether oxygens (including phenoxy) is 1. The summed E-state index contributed by atoms with van der Waals surface area (Å²) in [5, 5.41) is 9.04. The summed E-state index contributed by atoms with van der Waals surface area (Å²) in [4.78, 5) is -0.412. The van der Waals surface area contributed by atoms with Crippen LogP contribution in [0.5, 0.6) is 0 Å². The molecule has 1 heterocycles. The molecule has 0 spiro atoms. The monoisotopic (exact) mass is 303 g/mol. The van der Waals surface area contributed by atoms with Gasteiger partial charge < -0.3 is 9.84 Å². The maximum atomic E-state index is 13.8. The number of benzene rings is 1. The minimum absolute atomic E-state index is 0.140. The lowest BCUT2D eigenvalue weighted by atomic mass is 10.2. The largest absolute Gasteiger partial charge is 0.392 e. The van der Waals surface area contributed by atoms with Crippen molar-refractivity contribution < 1.29 is 22.7 Å². The SMILES string of the molecule is CN(CC1CCCO1)S(=O)(=O)c1cc(CO)ccc1F. The quantitative estimate of drug-likeness (QED) is 0.885. The van der Waals surface area contributed by atoms with E-state index >= 15 is 0 Å². The van der Waals surface area contributed by atoms with E-state index in [2.05, 4.69) is 0 Å². The molecular formula is C13H18FNO4S. The number of aliphatic hydroxyl groups excluding tert-OH is 1. The number of aliphatic hydroxyl groups is 1. The van der Waals surface area contributed by atoms with E-state index in [-0.39, 0.29) is 19.3 Å². The smallest absolute Gasteiger partial charge is 0.245 e. The van der Waals surface area contributed by atoms with Crippen molar-refractivity contribution in [3.8, 4) is 0 Å². The molecule has 0 aromatic heterocycles. The number of nitrogens with zero attached hydrogens (tertiary/aromatic N) is 1. The lowest BCUT2D eigenvalue weighted by Crippen LogP contribution is -2.34. The van der Waals surface area contributed by atoms with Crippen molar-refractivity contribution in [2.45, 2.75) is 30.4 Å². The topological polar surface area (TPSA) is 66.8 Å². The third-order valence-electron chi connectivity index (χ3n) is 3.35. The summed E-state index contributed by atoms with van der Waals surface area (Å²) in [5.41, 5.74) is 0.357. The molecule has 1 aliphatic rings. The molecule has 1 fully saturated rings. The first-order valence-corrected chi connectivity index (χ1v) is 7.86. The standard InChI is InChI=1S/C13H18FNO4S/c1-15(8-11-3-2-6-19-11)20(17,18)13-7-10(9-16)4-5-12(13)14/h4-5,7,11,16H,2-3,6,8-9H2,1H3. The molecular weight excluding hydrogens is 285 g/mol. The van der Waals surface area contributed by atoms with E-state index in [0.717, 1.165) is 29.3 Å². The normalized spacial score (nSPS) is 19.7. The van der Waals surface area contributed by atoms with Crippen LogP contribution in [0.4, 0.5) is 4.39 Å². The summed E-state index contributed by atoms with van der Waals surface area (Å²) in [7, 11) is -2.52. The minimum atomic E-state index is -3.92. The summed E-state index contributed by atoms with van der Waals surface area (Å²) in [6, 6.07) is 3.57. The molecule has 0 amide bonds. The number of halogens is 1. The van der Waals surface area contributed by atoms with Crippen LogP contribution in [0.25, 0.3) is 0 Å². The van der Waals surface area contributed by atoms with Crippen LogP contribution in [0, 0.1) is 5.82 Å². The van der Waals surface area contributed by atoms with E-state index in [1.165, 1.54) is 13.1 Å². The molecule has 112 valence electrons. The van der Waals surface area contributed by atoms with Crippen LogP contribution < -0.4 is 0 Å².